The molecule has 1 saturated heterocycles. The van der Waals surface area contributed by atoms with Gasteiger partial charge in [0.1, 0.15) is 0 Å². The molecule has 1 aliphatic heterocycles. The lowest BCUT2D eigenvalue weighted by molar-refractivity contribution is -0.139. The molecule has 1 aromatic carbocycles. The van der Waals surface area contributed by atoms with Gasteiger partial charge < -0.3 is 14.8 Å². The number of fused-ring (bicyclic) bond motifs is 1. The van der Waals surface area contributed by atoms with E-state index in [1.54, 1.807) is 6.07 Å². The van der Waals surface area contributed by atoms with Crippen LogP contribution in [0.25, 0.3) is 0 Å². The fraction of sp³-hybridized carbons (Fsp3) is 0.696. The second-order valence-corrected chi connectivity index (χ2v) is 9.80. The molecule has 0 radical (unpaired) electrons. The van der Waals surface area contributed by atoms with E-state index >= 15 is 4.39 Å². The minimum atomic E-state index is -0.322. The van der Waals surface area contributed by atoms with Crippen LogP contribution in [0.2, 0.25) is 0 Å². The summed E-state index contributed by atoms with van der Waals surface area (Å²) < 4.78 is 26.4. The topological polar surface area (TPSA) is 47.6 Å². The van der Waals surface area contributed by atoms with Gasteiger partial charge in [-0.1, -0.05) is 39.8 Å². The van der Waals surface area contributed by atoms with Crippen LogP contribution in [0.15, 0.2) is 18.2 Å². The van der Waals surface area contributed by atoms with Gasteiger partial charge in [0.05, 0.1) is 13.2 Å². The predicted molar refractivity (Wildman–Crippen MR) is 105 cm³/mol. The SMILES string of the molecule is COc1cccc([C@H]2OCCC34C[C@@H](C[C@H]23)C(C)(C)[C@@H]4NC(=O)C(C)C)c1F. The lowest BCUT2D eigenvalue weighted by Gasteiger charge is -2.53. The Hall–Kier alpha value is -1.62. The van der Waals surface area contributed by atoms with Gasteiger partial charge in [-0.3, -0.25) is 4.79 Å². The molecule has 5 atom stereocenters. The highest BCUT2D eigenvalue weighted by Gasteiger charge is 2.68. The Morgan fingerprint density at radius 3 is 2.79 bits per heavy atom. The van der Waals surface area contributed by atoms with Crippen LogP contribution in [0.3, 0.4) is 0 Å². The maximum atomic E-state index is 15.0. The van der Waals surface area contributed by atoms with Gasteiger partial charge in [-0.2, -0.15) is 0 Å². The van der Waals surface area contributed by atoms with Crippen molar-refractivity contribution in [2.45, 2.75) is 59.1 Å². The number of halogens is 1. The molecule has 4 rings (SSSR count). The van der Waals surface area contributed by atoms with Gasteiger partial charge in [0.25, 0.3) is 0 Å². The molecule has 1 spiro atoms. The Morgan fingerprint density at radius 1 is 1.36 bits per heavy atom. The van der Waals surface area contributed by atoms with Gasteiger partial charge in [0, 0.05) is 24.1 Å². The van der Waals surface area contributed by atoms with Crippen LogP contribution >= 0.6 is 0 Å². The van der Waals surface area contributed by atoms with E-state index in [9.17, 15) is 4.79 Å². The van der Waals surface area contributed by atoms with E-state index in [0.29, 0.717) is 18.1 Å². The summed E-state index contributed by atoms with van der Waals surface area (Å²) in [5.74, 6) is 0.711. The molecular formula is C23H32FNO3. The Balaban J connectivity index is 1.71. The Bertz CT molecular complexity index is 777. The zero-order valence-corrected chi connectivity index (χ0v) is 17.5. The van der Waals surface area contributed by atoms with E-state index < -0.39 is 0 Å². The average Bonchev–Trinajstić information content (AvgIpc) is 3.14. The van der Waals surface area contributed by atoms with Gasteiger partial charge in [0.15, 0.2) is 11.6 Å². The Labute approximate surface area is 167 Å². The van der Waals surface area contributed by atoms with Crippen molar-refractivity contribution in [3.05, 3.63) is 29.6 Å². The number of ether oxygens (including phenoxy) is 2. The number of hydrogen-bond acceptors (Lipinski definition) is 3. The average molecular weight is 390 g/mol. The first-order valence-electron chi connectivity index (χ1n) is 10.5. The number of rotatable bonds is 4. The molecule has 4 nitrogen and oxygen atoms in total. The number of carbonyl (C=O) groups is 1. The highest BCUT2D eigenvalue weighted by molar-refractivity contribution is 5.78. The van der Waals surface area contributed by atoms with Crippen molar-refractivity contribution in [1.82, 2.24) is 5.32 Å². The van der Waals surface area contributed by atoms with Crippen LogP contribution in [0.5, 0.6) is 5.75 Å². The van der Waals surface area contributed by atoms with Crippen LogP contribution in [-0.2, 0) is 9.53 Å². The summed E-state index contributed by atoms with van der Waals surface area (Å²) in [5.41, 5.74) is 0.593. The van der Waals surface area contributed by atoms with Crippen molar-refractivity contribution in [2.24, 2.45) is 28.6 Å². The van der Waals surface area contributed by atoms with Crippen LogP contribution < -0.4 is 10.1 Å². The van der Waals surface area contributed by atoms with Crippen LogP contribution in [0.1, 0.15) is 58.6 Å². The molecule has 3 fully saturated rings. The monoisotopic (exact) mass is 389 g/mol. The maximum Gasteiger partial charge on any atom is 0.222 e. The molecule has 3 aliphatic rings. The van der Waals surface area contributed by atoms with E-state index in [4.69, 9.17) is 9.47 Å². The number of methoxy groups -OCH3 is 1. The summed E-state index contributed by atoms with van der Waals surface area (Å²) in [6.45, 7) is 9.02. The summed E-state index contributed by atoms with van der Waals surface area (Å²) >= 11 is 0. The smallest absolute Gasteiger partial charge is 0.222 e. The lowest BCUT2D eigenvalue weighted by Crippen LogP contribution is -2.59. The highest BCUT2D eigenvalue weighted by atomic mass is 19.1. The summed E-state index contributed by atoms with van der Waals surface area (Å²) in [6.07, 6.45) is 2.73. The molecule has 1 heterocycles. The van der Waals surface area contributed by atoms with E-state index in [0.717, 1.165) is 19.3 Å². The van der Waals surface area contributed by atoms with Gasteiger partial charge in [-0.05, 0) is 48.0 Å². The normalized spacial score (nSPS) is 35.7. The molecule has 154 valence electrons. The highest BCUT2D eigenvalue weighted by Crippen LogP contribution is 2.70. The lowest BCUT2D eigenvalue weighted by atomic mass is 9.58. The summed E-state index contributed by atoms with van der Waals surface area (Å²) in [5, 5.41) is 3.39. The fourth-order valence-electron chi connectivity index (χ4n) is 6.31. The number of nitrogens with one attached hydrogen (secondary N) is 1. The molecular weight excluding hydrogens is 357 g/mol. The van der Waals surface area contributed by atoms with Crippen LogP contribution in [-0.4, -0.2) is 25.7 Å². The van der Waals surface area contributed by atoms with E-state index in [1.165, 1.54) is 7.11 Å². The molecule has 1 unspecified atom stereocenters. The largest absolute Gasteiger partial charge is 0.494 e. The van der Waals surface area contributed by atoms with Crippen molar-refractivity contribution < 1.29 is 18.7 Å². The van der Waals surface area contributed by atoms with Crippen molar-refractivity contribution in [3.63, 3.8) is 0 Å². The Kier molecular flexibility index (Phi) is 4.72. The summed E-state index contributed by atoms with van der Waals surface area (Å²) in [7, 11) is 1.49. The second-order valence-electron chi connectivity index (χ2n) is 9.80. The minimum absolute atomic E-state index is 0.0306. The summed E-state index contributed by atoms with van der Waals surface area (Å²) in [6, 6.07) is 5.39. The van der Waals surface area contributed by atoms with E-state index in [2.05, 4.69) is 19.2 Å². The predicted octanol–water partition coefficient (Wildman–Crippen LogP) is 4.49. The van der Waals surface area contributed by atoms with Crippen molar-refractivity contribution >= 4 is 5.91 Å². The zero-order valence-electron chi connectivity index (χ0n) is 17.5. The third kappa shape index (κ3) is 2.69. The van der Waals surface area contributed by atoms with E-state index in [-0.39, 0.29) is 52.3 Å². The standard InChI is InChI=1S/C23H32FNO3/c1-13(2)20(26)25-21-22(3,4)14-11-16-19(28-10-9-23(16,21)12-14)15-7-6-8-17(27-5)18(15)24/h6-8,13-14,16,19,21H,9-12H2,1-5H3,(H,25,26)/t14-,16-,19-,21+,23?/m1/s1. The van der Waals surface area contributed by atoms with Gasteiger partial charge in [-0.25, -0.2) is 4.39 Å². The maximum absolute atomic E-state index is 15.0. The Morgan fingerprint density at radius 2 is 2.11 bits per heavy atom. The first-order valence-corrected chi connectivity index (χ1v) is 10.5. The number of amides is 1. The van der Waals surface area contributed by atoms with Crippen LogP contribution in [0, 0.1) is 34.4 Å². The molecule has 1 amide bonds. The fourth-order valence-corrected chi connectivity index (χ4v) is 6.31. The summed E-state index contributed by atoms with van der Waals surface area (Å²) in [4.78, 5) is 12.6. The number of hydrogen-bond donors (Lipinski definition) is 1. The molecule has 1 aromatic rings. The molecule has 2 aliphatic carbocycles. The number of carbonyl (C=O) groups excluding carboxylic acids is 1. The first-order chi connectivity index (χ1) is 13.2. The zero-order chi connectivity index (χ0) is 20.3. The van der Waals surface area contributed by atoms with Crippen molar-refractivity contribution in [2.75, 3.05) is 13.7 Å². The third-order valence-corrected chi connectivity index (χ3v) is 7.84. The second kappa shape index (κ2) is 6.72. The molecule has 28 heavy (non-hydrogen) atoms. The van der Waals surface area contributed by atoms with Crippen molar-refractivity contribution in [3.8, 4) is 5.75 Å². The molecule has 2 bridgehead atoms. The third-order valence-electron chi connectivity index (χ3n) is 7.84. The van der Waals surface area contributed by atoms with Gasteiger partial charge in [0.2, 0.25) is 5.91 Å². The quantitative estimate of drug-likeness (QED) is 0.825. The van der Waals surface area contributed by atoms with E-state index in [1.807, 2.05) is 26.0 Å². The van der Waals surface area contributed by atoms with Crippen LogP contribution in [0.4, 0.5) is 4.39 Å². The van der Waals surface area contributed by atoms with Crippen molar-refractivity contribution in [1.29, 1.82) is 0 Å². The molecule has 1 N–H and O–H groups in total. The minimum Gasteiger partial charge on any atom is -0.494 e. The molecule has 2 saturated carbocycles. The molecule has 5 heteroatoms. The first kappa shape index (κ1) is 19.7. The molecule has 0 aromatic heterocycles. The number of benzene rings is 1. The van der Waals surface area contributed by atoms with Gasteiger partial charge in [-0.15, -0.1) is 0 Å². The van der Waals surface area contributed by atoms with Gasteiger partial charge >= 0.3 is 0 Å².